The van der Waals surface area contributed by atoms with Gasteiger partial charge in [0.25, 0.3) is 16.6 Å². The van der Waals surface area contributed by atoms with Gasteiger partial charge < -0.3 is 8.85 Å². The Balaban J connectivity index is 1.86. The summed E-state index contributed by atoms with van der Waals surface area (Å²) in [6.07, 6.45) is 2.05. The SMILES string of the molecule is CC1=C([Si](C)(C)C2=C(C)Cc3cccc(O[Si](C)(C)C(C)(C)C)c32)c2c(cccc2O[Si](C)(C)C(C)(C)C)C1. The smallest absolute Gasteiger partial charge is 0.250 e. The number of hydrogen-bond donors (Lipinski definition) is 0. The molecule has 0 atom stereocenters. The highest BCUT2D eigenvalue weighted by molar-refractivity contribution is 7.09. The third-order valence-electron chi connectivity index (χ3n) is 10.1. The maximum absolute atomic E-state index is 7.06. The Morgan fingerprint density at radius 2 is 0.897 bits per heavy atom. The molecule has 39 heavy (non-hydrogen) atoms. The van der Waals surface area contributed by atoms with Gasteiger partial charge in [-0.25, -0.2) is 0 Å². The molecule has 4 rings (SSSR count). The summed E-state index contributed by atoms with van der Waals surface area (Å²) >= 11 is 0. The van der Waals surface area contributed by atoms with Crippen LogP contribution in [0.15, 0.2) is 47.5 Å². The molecular weight excluding hydrogens is 525 g/mol. The number of benzene rings is 2. The van der Waals surface area contributed by atoms with Gasteiger partial charge in [0, 0.05) is 11.1 Å². The predicted octanol–water partition coefficient (Wildman–Crippen LogP) is 10.6. The summed E-state index contributed by atoms with van der Waals surface area (Å²) in [5, 5.41) is 3.46. The highest BCUT2D eigenvalue weighted by Crippen LogP contribution is 2.53. The van der Waals surface area contributed by atoms with E-state index in [1.807, 2.05) is 0 Å². The summed E-state index contributed by atoms with van der Waals surface area (Å²) in [6.45, 7) is 33.3. The van der Waals surface area contributed by atoms with Crippen LogP contribution in [0.3, 0.4) is 0 Å². The van der Waals surface area contributed by atoms with Crippen molar-refractivity contribution in [2.75, 3.05) is 0 Å². The van der Waals surface area contributed by atoms with Crippen LogP contribution < -0.4 is 8.85 Å². The number of fused-ring (bicyclic) bond motifs is 2. The van der Waals surface area contributed by atoms with Crippen LogP contribution in [0.2, 0.25) is 49.4 Å². The van der Waals surface area contributed by atoms with Crippen molar-refractivity contribution >= 4 is 35.1 Å². The Kier molecular flexibility index (Phi) is 7.44. The molecule has 5 heteroatoms. The van der Waals surface area contributed by atoms with E-state index in [4.69, 9.17) is 8.85 Å². The summed E-state index contributed by atoms with van der Waals surface area (Å²) < 4.78 is 14.1. The molecule has 2 aromatic carbocycles. The second kappa shape index (κ2) is 9.63. The fourth-order valence-electron chi connectivity index (χ4n) is 6.03. The van der Waals surface area contributed by atoms with Crippen LogP contribution in [-0.4, -0.2) is 24.7 Å². The molecule has 0 N–H and O–H groups in total. The Morgan fingerprint density at radius 3 is 1.21 bits per heavy atom. The topological polar surface area (TPSA) is 18.5 Å². The van der Waals surface area contributed by atoms with Gasteiger partial charge in [0.05, 0.1) is 0 Å². The van der Waals surface area contributed by atoms with Gasteiger partial charge in [0.1, 0.15) is 19.6 Å². The molecule has 0 saturated carbocycles. The molecule has 212 valence electrons. The molecule has 0 aromatic heterocycles. The molecule has 0 fully saturated rings. The van der Waals surface area contributed by atoms with Crippen LogP contribution >= 0.6 is 0 Å². The Bertz CT molecular complexity index is 1260. The number of hydrogen-bond acceptors (Lipinski definition) is 2. The molecule has 0 spiro atoms. The lowest BCUT2D eigenvalue weighted by Crippen LogP contribution is -2.44. The van der Waals surface area contributed by atoms with Crippen LogP contribution in [0.4, 0.5) is 0 Å². The van der Waals surface area contributed by atoms with E-state index >= 15 is 0 Å². The summed E-state index contributed by atoms with van der Waals surface area (Å²) in [6, 6.07) is 13.5. The molecule has 2 aliphatic carbocycles. The van der Waals surface area contributed by atoms with Crippen molar-refractivity contribution in [2.24, 2.45) is 0 Å². The lowest BCUT2D eigenvalue weighted by atomic mass is 10.1. The van der Waals surface area contributed by atoms with Crippen molar-refractivity contribution in [3.05, 3.63) is 69.8 Å². The lowest BCUT2D eigenvalue weighted by Gasteiger charge is -2.39. The molecule has 0 saturated heterocycles. The first kappa shape index (κ1) is 30.1. The second-order valence-electron chi connectivity index (χ2n) is 15.6. The van der Waals surface area contributed by atoms with Crippen molar-refractivity contribution < 1.29 is 8.85 Å². The Morgan fingerprint density at radius 1 is 0.564 bits per heavy atom. The molecule has 0 unspecified atom stereocenters. The first-order valence-electron chi connectivity index (χ1n) is 14.7. The minimum atomic E-state index is -2.14. The molecule has 0 aliphatic heterocycles. The van der Waals surface area contributed by atoms with Crippen molar-refractivity contribution in [3.8, 4) is 11.5 Å². The van der Waals surface area contributed by atoms with Gasteiger partial charge in [-0.3, -0.25) is 0 Å². The maximum Gasteiger partial charge on any atom is 0.250 e. The molecule has 0 amide bonds. The fourth-order valence-corrected chi connectivity index (χ4v) is 12.5. The van der Waals surface area contributed by atoms with Crippen molar-refractivity contribution in [2.45, 2.75) is 118 Å². The van der Waals surface area contributed by atoms with E-state index in [1.165, 1.54) is 33.4 Å². The average Bonchev–Trinajstić information content (AvgIpc) is 3.29. The normalized spacial score (nSPS) is 16.6. The van der Waals surface area contributed by atoms with Gasteiger partial charge in [-0.2, -0.15) is 0 Å². The molecular formula is C34H52O2Si3. The standard InChI is InChI=1S/C34H52O2Si3/c1-23-21-25-17-15-19-27(35-38(11,12)33(3,4)5)29(25)31(23)37(9,10)32-24(2)22-26-18-16-20-28(30(26)32)36-39(13,14)34(6,7)8/h15-20H,21-22H2,1-14H3. The van der Waals surface area contributed by atoms with Crippen LogP contribution in [0.1, 0.15) is 77.6 Å². The minimum Gasteiger partial charge on any atom is -0.543 e. The molecule has 0 bridgehead atoms. The van der Waals surface area contributed by atoms with Gasteiger partial charge in [0.15, 0.2) is 0 Å². The number of rotatable bonds is 6. The molecule has 2 aromatic rings. The number of allylic oxidation sites excluding steroid dienone is 2. The lowest BCUT2D eigenvalue weighted by molar-refractivity contribution is 0.491. The van der Waals surface area contributed by atoms with E-state index in [-0.39, 0.29) is 10.1 Å². The van der Waals surface area contributed by atoms with Crippen LogP contribution in [0, 0.1) is 0 Å². The zero-order chi connectivity index (χ0) is 29.3. The fraction of sp³-hybridized carbons (Fsp3) is 0.529. The van der Waals surface area contributed by atoms with Gasteiger partial charge in [-0.15, -0.1) is 0 Å². The first-order valence-corrected chi connectivity index (χ1v) is 23.5. The maximum atomic E-state index is 7.06. The summed E-state index contributed by atoms with van der Waals surface area (Å²) in [5.74, 6) is 2.21. The van der Waals surface area contributed by atoms with Crippen molar-refractivity contribution in [1.82, 2.24) is 0 Å². The third kappa shape index (κ3) is 5.19. The molecule has 2 nitrogen and oxygen atoms in total. The van der Waals surface area contributed by atoms with Gasteiger partial charge in [-0.1, -0.05) is 90.0 Å². The zero-order valence-electron chi connectivity index (χ0n) is 27.2. The highest BCUT2D eigenvalue weighted by atomic mass is 28.4. The highest BCUT2D eigenvalue weighted by Gasteiger charge is 2.46. The minimum absolute atomic E-state index is 0.152. The van der Waals surface area contributed by atoms with Gasteiger partial charge in [-0.05, 0) is 96.6 Å². The van der Waals surface area contributed by atoms with E-state index < -0.39 is 24.7 Å². The van der Waals surface area contributed by atoms with Crippen molar-refractivity contribution in [3.63, 3.8) is 0 Å². The van der Waals surface area contributed by atoms with Crippen LogP contribution in [-0.2, 0) is 12.8 Å². The molecule has 0 radical (unpaired) electrons. The summed E-state index contributed by atoms with van der Waals surface area (Å²) in [7, 11) is -6.12. The van der Waals surface area contributed by atoms with Crippen LogP contribution in [0.5, 0.6) is 11.5 Å². The van der Waals surface area contributed by atoms with Crippen molar-refractivity contribution in [1.29, 1.82) is 0 Å². The van der Waals surface area contributed by atoms with Crippen LogP contribution in [0.25, 0.3) is 10.4 Å². The first-order chi connectivity index (χ1) is 17.7. The molecule has 2 aliphatic rings. The second-order valence-corrected chi connectivity index (χ2v) is 29.3. The van der Waals surface area contributed by atoms with E-state index in [2.05, 4.69) is 131 Å². The van der Waals surface area contributed by atoms with E-state index in [1.54, 1.807) is 10.4 Å². The quantitative estimate of drug-likeness (QED) is 0.318. The summed E-state index contributed by atoms with van der Waals surface area (Å²) in [4.78, 5) is 0. The molecule has 0 heterocycles. The summed E-state index contributed by atoms with van der Waals surface area (Å²) in [5.41, 5.74) is 8.69. The van der Waals surface area contributed by atoms with Gasteiger partial charge >= 0.3 is 0 Å². The van der Waals surface area contributed by atoms with E-state index in [0.29, 0.717) is 0 Å². The monoisotopic (exact) mass is 576 g/mol. The zero-order valence-corrected chi connectivity index (χ0v) is 30.2. The Labute approximate surface area is 242 Å². The van der Waals surface area contributed by atoms with Gasteiger partial charge in [0.2, 0.25) is 0 Å². The average molecular weight is 577 g/mol. The largest absolute Gasteiger partial charge is 0.543 e. The third-order valence-corrected chi connectivity index (χ3v) is 22.6. The predicted molar refractivity (Wildman–Crippen MR) is 179 cm³/mol. The van der Waals surface area contributed by atoms with E-state index in [9.17, 15) is 0 Å². The Hall–Kier alpha value is -1.83. The van der Waals surface area contributed by atoms with E-state index in [0.717, 1.165) is 24.3 Å².